The van der Waals surface area contributed by atoms with Crippen LogP contribution in [-0.2, 0) is 0 Å². The van der Waals surface area contributed by atoms with Crippen LogP contribution < -0.4 is 10.1 Å². The van der Waals surface area contributed by atoms with Crippen molar-refractivity contribution in [2.45, 2.75) is 12.3 Å². The summed E-state index contributed by atoms with van der Waals surface area (Å²) in [5, 5.41) is 21.4. The van der Waals surface area contributed by atoms with Crippen LogP contribution in [0.25, 0.3) is 11.1 Å². The number of aromatic carboxylic acids is 1. The molecular weight excluding hydrogens is 385 g/mol. The van der Waals surface area contributed by atoms with Crippen LogP contribution in [0.15, 0.2) is 54.9 Å². The number of hydrogen-bond acceptors (Lipinski definition) is 5. The summed E-state index contributed by atoms with van der Waals surface area (Å²) in [5.74, 6) is -0.684. The predicted octanol–water partition coefficient (Wildman–Crippen LogP) is 4.44. The number of nitriles is 1. The molecular formula is C23H18FN3O3. The van der Waals surface area contributed by atoms with Gasteiger partial charge in [-0.05, 0) is 41.8 Å². The molecule has 1 aliphatic heterocycles. The van der Waals surface area contributed by atoms with Crippen molar-refractivity contribution in [1.82, 2.24) is 4.98 Å². The Balaban J connectivity index is 1.57. The Bertz CT molecular complexity index is 1160. The van der Waals surface area contributed by atoms with Crippen molar-refractivity contribution in [1.29, 1.82) is 5.26 Å². The Morgan fingerprint density at radius 2 is 2.17 bits per heavy atom. The number of pyridine rings is 1. The van der Waals surface area contributed by atoms with Crippen LogP contribution >= 0.6 is 0 Å². The largest absolute Gasteiger partial charge is 0.493 e. The van der Waals surface area contributed by atoms with E-state index >= 15 is 0 Å². The van der Waals surface area contributed by atoms with E-state index in [1.165, 1.54) is 24.5 Å². The van der Waals surface area contributed by atoms with Gasteiger partial charge in [-0.1, -0.05) is 18.2 Å². The number of anilines is 1. The SMILES string of the molecule is N#Cc1ccc(-c2ccc3c(c2)OCC[C@@H]3CNc2cnccc2C(=O)O)c(F)c1. The Morgan fingerprint density at radius 3 is 2.93 bits per heavy atom. The third-order valence-corrected chi connectivity index (χ3v) is 5.18. The maximum absolute atomic E-state index is 14.4. The van der Waals surface area contributed by atoms with Crippen LogP contribution in [0.4, 0.5) is 10.1 Å². The van der Waals surface area contributed by atoms with Gasteiger partial charge >= 0.3 is 5.97 Å². The van der Waals surface area contributed by atoms with E-state index in [-0.39, 0.29) is 17.0 Å². The monoisotopic (exact) mass is 403 g/mol. The van der Waals surface area contributed by atoms with E-state index in [1.807, 2.05) is 18.2 Å². The molecule has 2 heterocycles. The van der Waals surface area contributed by atoms with E-state index in [9.17, 15) is 14.3 Å². The van der Waals surface area contributed by atoms with Gasteiger partial charge in [0.15, 0.2) is 0 Å². The number of aromatic nitrogens is 1. The smallest absolute Gasteiger partial charge is 0.337 e. The van der Waals surface area contributed by atoms with E-state index in [2.05, 4.69) is 10.3 Å². The number of carboxylic acids is 1. The molecule has 0 saturated carbocycles. The summed E-state index contributed by atoms with van der Waals surface area (Å²) in [6.07, 6.45) is 3.72. The molecule has 0 bridgehead atoms. The molecule has 1 atom stereocenters. The lowest BCUT2D eigenvalue weighted by Crippen LogP contribution is -2.21. The highest BCUT2D eigenvalue weighted by atomic mass is 19.1. The molecule has 6 nitrogen and oxygen atoms in total. The van der Waals surface area contributed by atoms with E-state index in [0.29, 0.717) is 35.7 Å². The number of carbonyl (C=O) groups is 1. The van der Waals surface area contributed by atoms with Crippen molar-refractivity contribution in [3.8, 4) is 22.9 Å². The van der Waals surface area contributed by atoms with E-state index in [1.54, 1.807) is 18.2 Å². The number of rotatable bonds is 5. The number of nitrogens with zero attached hydrogens (tertiary/aromatic N) is 2. The van der Waals surface area contributed by atoms with Gasteiger partial charge in [0.25, 0.3) is 0 Å². The number of nitrogens with one attached hydrogen (secondary N) is 1. The normalized spacial score (nSPS) is 14.9. The number of hydrogen-bond donors (Lipinski definition) is 2. The molecule has 0 spiro atoms. The Hall–Kier alpha value is -3.92. The van der Waals surface area contributed by atoms with Crippen molar-refractivity contribution in [3.05, 3.63) is 77.4 Å². The van der Waals surface area contributed by atoms with Crippen molar-refractivity contribution >= 4 is 11.7 Å². The molecule has 3 aromatic rings. The minimum atomic E-state index is -1.01. The highest BCUT2D eigenvalue weighted by molar-refractivity contribution is 5.93. The first kappa shape index (κ1) is 19.4. The van der Waals surface area contributed by atoms with Gasteiger partial charge < -0.3 is 15.2 Å². The lowest BCUT2D eigenvalue weighted by atomic mass is 9.90. The van der Waals surface area contributed by atoms with Crippen LogP contribution in [0.1, 0.15) is 33.8 Å². The zero-order chi connectivity index (χ0) is 21.1. The molecule has 150 valence electrons. The van der Waals surface area contributed by atoms with Crippen molar-refractivity contribution in [2.75, 3.05) is 18.5 Å². The lowest BCUT2D eigenvalue weighted by Gasteiger charge is -2.27. The van der Waals surface area contributed by atoms with Crippen molar-refractivity contribution < 1.29 is 19.0 Å². The second kappa shape index (κ2) is 8.21. The molecule has 0 radical (unpaired) electrons. The molecule has 2 aromatic carbocycles. The molecule has 0 fully saturated rings. The summed E-state index contributed by atoms with van der Waals surface area (Å²) in [5.41, 5.74) is 2.96. The van der Waals surface area contributed by atoms with E-state index in [4.69, 9.17) is 10.00 Å². The number of halogens is 1. The fourth-order valence-corrected chi connectivity index (χ4v) is 3.62. The summed E-state index contributed by atoms with van der Waals surface area (Å²) in [6, 6.07) is 13.3. The van der Waals surface area contributed by atoms with Crippen LogP contribution in [0, 0.1) is 17.1 Å². The number of ether oxygens (including phenoxy) is 1. The molecule has 0 saturated heterocycles. The van der Waals surface area contributed by atoms with Crippen LogP contribution in [0.5, 0.6) is 5.75 Å². The molecule has 7 heteroatoms. The van der Waals surface area contributed by atoms with Gasteiger partial charge in [-0.15, -0.1) is 0 Å². The second-order valence-electron chi connectivity index (χ2n) is 7.00. The van der Waals surface area contributed by atoms with E-state index < -0.39 is 11.8 Å². The van der Waals surface area contributed by atoms with Gasteiger partial charge in [0.2, 0.25) is 0 Å². The zero-order valence-electron chi connectivity index (χ0n) is 15.9. The number of carboxylic acid groups (broad SMARTS) is 1. The molecule has 0 aliphatic carbocycles. The fourth-order valence-electron chi connectivity index (χ4n) is 3.62. The van der Waals surface area contributed by atoms with E-state index in [0.717, 1.165) is 12.0 Å². The van der Waals surface area contributed by atoms with Gasteiger partial charge in [0.05, 0.1) is 35.7 Å². The topological polar surface area (TPSA) is 95.2 Å². The average Bonchev–Trinajstić information content (AvgIpc) is 2.77. The second-order valence-corrected chi connectivity index (χ2v) is 7.00. The van der Waals surface area contributed by atoms with Gasteiger partial charge in [0.1, 0.15) is 11.6 Å². The van der Waals surface area contributed by atoms with Gasteiger partial charge in [0, 0.05) is 24.2 Å². The maximum Gasteiger partial charge on any atom is 0.337 e. The van der Waals surface area contributed by atoms with Crippen LogP contribution in [0.3, 0.4) is 0 Å². The molecule has 4 rings (SSSR count). The standard InChI is InChI=1S/C23H18FN3O3/c24-20-9-14(11-25)1-3-17(20)15-2-4-18-16(6-8-30-22(18)10-15)12-27-21-13-26-7-5-19(21)23(28)29/h1-5,7,9-10,13,16,27H,6,8,12H2,(H,28,29)/t16-/m1/s1. The summed E-state index contributed by atoms with van der Waals surface area (Å²) in [6.45, 7) is 1.03. The van der Waals surface area contributed by atoms with Crippen molar-refractivity contribution in [2.24, 2.45) is 0 Å². The minimum Gasteiger partial charge on any atom is -0.493 e. The number of fused-ring (bicyclic) bond motifs is 1. The van der Waals surface area contributed by atoms with Crippen molar-refractivity contribution in [3.63, 3.8) is 0 Å². The summed E-state index contributed by atoms with van der Waals surface area (Å²) >= 11 is 0. The van der Waals surface area contributed by atoms with Gasteiger partial charge in [-0.2, -0.15) is 5.26 Å². The first-order chi connectivity index (χ1) is 14.6. The highest BCUT2D eigenvalue weighted by Gasteiger charge is 2.23. The van der Waals surface area contributed by atoms with Gasteiger partial charge in [-0.3, -0.25) is 4.98 Å². The summed E-state index contributed by atoms with van der Waals surface area (Å²) in [4.78, 5) is 15.4. The van der Waals surface area contributed by atoms with Gasteiger partial charge in [-0.25, -0.2) is 9.18 Å². The summed E-state index contributed by atoms with van der Waals surface area (Å²) in [7, 11) is 0. The summed E-state index contributed by atoms with van der Waals surface area (Å²) < 4.78 is 20.2. The highest BCUT2D eigenvalue weighted by Crippen LogP contribution is 2.37. The van der Waals surface area contributed by atoms with Crippen LogP contribution in [-0.4, -0.2) is 29.2 Å². The fraction of sp³-hybridized carbons (Fsp3) is 0.174. The lowest BCUT2D eigenvalue weighted by molar-refractivity contribution is 0.0697. The Labute approximate surface area is 172 Å². The quantitative estimate of drug-likeness (QED) is 0.654. The maximum atomic E-state index is 14.4. The third kappa shape index (κ3) is 3.80. The van der Waals surface area contributed by atoms with Crippen LogP contribution in [0.2, 0.25) is 0 Å². The molecule has 1 aliphatic rings. The molecule has 0 unspecified atom stereocenters. The molecule has 1 aromatic heterocycles. The first-order valence-electron chi connectivity index (χ1n) is 9.44. The molecule has 2 N–H and O–H groups in total. The molecule has 30 heavy (non-hydrogen) atoms. The minimum absolute atomic E-state index is 0.107. The molecule has 0 amide bonds. The zero-order valence-corrected chi connectivity index (χ0v) is 15.9. The first-order valence-corrected chi connectivity index (χ1v) is 9.44. The Morgan fingerprint density at radius 1 is 1.30 bits per heavy atom. The average molecular weight is 403 g/mol. The third-order valence-electron chi connectivity index (χ3n) is 5.18. The number of benzene rings is 2. The predicted molar refractivity (Wildman–Crippen MR) is 109 cm³/mol. The Kier molecular flexibility index (Phi) is 5.31.